The first-order chi connectivity index (χ1) is 7.20. The average Bonchev–Trinajstić information content (AvgIpc) is 2.60. The van der Waals surface area contributed by atoms with Crippen LogP contribution in [-0.2, 0) is 4.79 Å². The number of pyridine rings is 1. The zero-order valence-electron chi connectivity index (χ0n) is 8.19. The van der Waals surface area contributed by atoms with Gasteiger partial charge < -0.3 is 4.90 Å². The van der Waals surface area contributed by atoms with Crippen molar-refractivity contribution >= 4 is 27.5 Å². The van der Waals surface area contributed by atoms with Gasteiger partial charge in [-0.25, -0.2) is 0 Å². The van der Waals surface area contributed by atoms with Gasteiger partial charge in [0.2, 0.25) is 5.91 Å². The van der Waals surface area contributed by atoms with Gasteiger partial charge in [0.1, 0.15) is 0 Å². The van der Waals surface area contributed by atoms with Crippen molar-refractivity contribution in [1.82, 2.24) is 4.98 Å². The Balaban J connectivity index is 2.25. The highest BCUT2D eigenvalue weighted by Gasteiger charge is 2.28. The Morgan fingerprint density at radius 3 is 3.00 bits per heavy atom. The molecular formula is C11H11BrN2O. The third-order valence-corrected chi connectivity index (χ3v) is 2.92. The predicted molar refractivity (Wildman–Crippen MR) is 62.6 cm³/mol. The first-order valence-electron chi connectivity index (χ1n) is 4.74. The zero-order valence-corrected chi connectivity index (χ0v) is 9.77. The maximum atomic E-state index is 11.7. The predicted octanol–water partition coefficient (Wildman–Crippen LogP) is 2.38. The van der Waals surface area contributed by atoms with E-state index in [0.717, 1.165) is 10.2 Å². The average molecular weight is 267 g/mol. The highest BCUT2D eigenvalue weighted by Crippen LogP contribution is 2.26. The molecule has 1 atom stereocenters. The molecule has 0 N–H and O–H groups in total. The van der Waals surface area contributed by atoms with E-state index < -0.39 is 0 Å². The van der Waals surface area contributed by atoms with E-state index in [2.05, 4.69) is 27.5 Å². The third kappa shape index (κ3) is 2.09. The number of amides is 1. The maximum absolute atomic E-state index is 11.7. The van der Waals surface area contributed by atoms with Gasteiger partial charge in [0.25, 0.3) is 0 Å². The molecule has 2 heterocycles. The molecule has 0 radical (unpaired) electrons. The smallest absolute Gasteiger partial charge is 0.227 e. The summed E-state index contributed by atoms with van der Waals surface area (Å²) in [5, 5.41) is 0. The summed E-state index contributed by atoms with van der Waals surface area (Å²) in [4.78, 5) is 17.5. The lowest BCUT2D eigenvalue weighted by Gasteiger charge is -2.15. The molecule has 0 saturated carbocycles. The summed E-state index contributed by atoms with van der Waals surface area (Å²) in [5.74, 6) is 0.399. The first kappa shape index (κ1) is 10.4. The minimum absolute atomic E-state index is 0.139. The van der Waals surface area contributed by atoms with Gasteiger partial charge in [-0.15, -0.1) is 6.58 Å². The second kappa shape index (κ2) is 4.14. The Hall–Kier alpha value is -1.16. The standard InChI is InChI=1S/C11H11BrN2O/c1-2-8-3-11(15)14(7-8)10-4-9(12)5-13-6-10/h2,4-6,8H,1,3,7H2. The zero-order chi connectivity index (χ0) is 10.8. The molecule has 1 aromatic heterocycles. The van der Waals surface area contributed by atoms with E-state index in [4.69, 9.17) is 0 Å². The number of halogens is 1. The molecule has 0 aromatic carbocycles. The molecule has 1 saturated heterocycles. The second-order valence-corrected chi connectivity index (χ2v) is 4.48. The molecule has 0 spiro atoms. The number of nitrogens with zero attached hydrogens (tertiary/aromatic N) is 2. The van der Waals surface area contributed by atoms with Crippen LogP contribution >= 0.6 is 15.9 Å². The summed E-state index contributed by atoms with van der Waals surface area (Å²) in [5.41, 5.74) is 0.846. The molecule has 1 aliphatic rings. The molecule has 1 fully saturated rings. The number of hydrogen-bond acceptors (Lipinski definition) is 2. The Labute approximate surface area is 96.9 Å². The third-order valence-electron chi connectivity index (χ3n) is 2.49. The fourth-order valence-electron chi connectivity index (χ4n) is 1.69. The van der Waals surface area contributed by atoms with E-state index in [0.29, 0.717) is 13.0 Å². The van der Waals surface area contributed by atoms with Crippen molar-refractivity contribution < 1.29 is 4.79 Å². The van der Waals surface area contributed by atoms with Gasteiger partial charge >= 0.3 is 0 Å². The molecule has 1 aromatic rings. The second-order valence-electron chi connectivity index (χ2n) is 3.57. The molecule has 0 bridgehead atoms. The number of rotatable bonds is 2. The van der Waals surface area contributed by atoms with Crippen molar-refractivity contribution in [3.05, 3.63) is 35.6 Å². The number of anilines is 1. The summed E-state index contributed by atoms with van der Waals surface area (Å²) in [7, 11) is 0. The molecule has 1 amide bonds. The van der Waals surface area contributed by atoms with Crippen LogP contribution in [0.1, 0.15) is 6.42 Å². The Bertz CT molecular complexity index is 405. The molecule has 78 valence electrons. The van der Waals surface area contributed by atoms with Crippen LogP contribution in [-0.4, -0.2) is 17.4 Å². The Morgan fingerprint density at radius 1 is 1.60 bits per heavy atom. The lowest BCUT2D eigenvalue weighted by molar-refractivity contribution is -0.117. The normalized spacial score (nSPS) is 20.7. The van der Waals surface area contributed by atoms with Crippen molar-refractivity contribution in [2.24, 2.45) is 5.92 Å². The monoisotopic (exact) mass is 266 g/mol. The summed E-state index contributed by atoms with van der Waals surface area (Å²) < 4.78 is 0.884. The summed E-state index contributed by atoms with van der Waals surface area (Å²) in [6.45, 7) is 4.43. The quantitative estimate of drug-likeness (QED) is 0.771. The number of carbonyl (C=O) groups excluding carboxylic acids is 1. The van der Waals surface area contributed by atoms with Gasteiger partial charge in [-0.3, -0.25) is 9.78 Å². The van der Waals surface area contributed by atoms with E-state index in [1.165, 1.54) is 0 Å². The summed E-state index contributed by atoms with van der Waals surface area (Å²) in [6, 6.07) is 1.90. The lowest BCUT2D eigenvalue weighted by atomic mass is 10.1. The van der Waals surface area contributed by atoms with Crippen molar-refractivity contribution in [1.29, 1.82) is 0 Å². The van der Waals surface area contributed by atoms with E-state index in [1.807, 2.05) is 12.1 Å². The minimum Gasteiger partial charge on any atom is -0.310 e. The molecule has 1 unspecified atom stereocenters. The molecule has 3 nitrogen and oxygen atoms in total. The van der Waals surface area contributed by atoms with Crippen LogP contribution in [0.15, 0.2) is 35.6 Å². The van der Waals surface area contributed by atoms with Crippen LogP contribution in [0.4, 0.5) is 5.69 Å². The molecule has 15 heavy (non-hydrogen) atoms. The molecule has 0 aliphatic carbocycles. The Morgan fingerprint density at radius 2 is 2.40 bits per heavy atom. The fourth-order valence-corrected chi connectivity index (χ4v) is 2.04. The van der Waals surface area contributed by atoms with Gasteiger partial charge in [0, 0.05) is 29.6 Å². The highest BCUT2D eigenvalue weighted by molar-refractivity contribution is 9.10. The van der Waals surface area contributed by atoms with Crippen LogP contribution in [0, 0.1) is 5.92 Å². The molecule has 1 aliphatic heterocycles. The summed E-state index contributed by atoms with van der Waals surface area (Å²) in [6.07, 6.45) is 5.79. The highest BCUT2D eigenvalue weighted by atomic mass is 79.9. The van der Waals surface area contributed by atoms with E-state index in [-0.39, 0.29) is 11.8 Å². The number of aromatic nitrogens is 1. The van der Waals surface area contributed by atoms with Crippen LogP contribution in [0.5, 0.6) is 0 Å². The van der Waals surface area contributed by atoms with Gasteiger partial charge in [0.05, 0.1) is 11.9 Å². The summed E-state index contributed by atoms with van der Waals surface area (Å²) >= 11 is 3.34. The van der Waals surface area contributed by atoms with Crippen molar-refractivity contribution in [2.75, 3.05) is 11.4 Å². The van der Waals surface area contributed by atoms with E-state index in [9.17, 15) is 4.79 Å². The largest absolute Gasteiger partial charge is 0.310 e. The Kier molecular flexibility index (Phi) is 2.86. The van der Waals surface area contributed by atoms with Crippen molar-refractivity contribution in [2.45, 2.75) is 6.42 Å². The minimum atomic E-state index is 0.139. The lowest BCUT2D eigenvalue weighted by Crippen LogP contribution is -2.24. The fraction of sp³-hybridized carbons (Fsp3) is 0.273. The van der Waals surface area contributed by atoms with Crippen molar-refractivity contribution in [3.8, 4) is 0 Å². The van der Waals surface area contributed by atoms with Gasteiger partial charge in [0.15, 0.2) is 0 Å². The topological polar surface area (TPSA) is 33.2 Å². The van der Waals surface area contributed by atoms with E-state index >= 15 is 0 Å². The van der Waals surface area contributed by atoms with Crippen LogP contribution in [0.25, 0.3) is 0 Å². The van der Waals surface area contributed by atoms with Crippen LogP contribution in [0.2, 0.25) is 0 Å². The van der Waals surface area contributed by atoms with E-state index in [1.54, 1.807) is 17.3 Å². The molecule has 2 rings (SSSR count). The van der Waals surface area contributed by atoms with Crippen LogP contribution < -0.4 is 4.90 Å². The van der Waals surface area contributed by atoms with Crippen LogP contribution in [0.3, 0.4) is 0 Å². The van der Waals surface area contributed by atoms with Gasteiger partial charge in [-0.05, 0) is 22.0 Å². The van der Waals surface area contributed by atoms with Crippen molar-refractivity contribution in [3.63, 3.8) is 0 Å². The maximum Gasteiger partial charge on any atom is 0.227 e. The van der Waals surface area contributed by atoms with Gasteiger partial charge in [-0.1, -0.05) is 6.08 Å². The number of hydrogen-bond donors (Lipinski definition) is 0. The molecular weight excluding hydrogens is 256 g/mol. The number of carbonyl (C=O) groups is 1. The SMILES string of the molecule is C=CC1CC(=O)N(c2cncc(Br)c2)C1. The van der Waals surface area contributed by atoms with Gasteiger partial charge in [-0.2, -0.15) is 0 Å². The molecule has 4 heteroatoms. The first-order valence-corrected chi connectivity index (χ1v) is 5.53.